The highest BCUT2D eigenvalue weighted by atomic mass is 19.1. The summed E-state index contributed by atoms with van der Waals surface area (Å²) in [5.41, 5.74) is 3.42. The lowest BCUT2D eigenvalue weighted by Gasteiger charge is -2.27. The number of allylic oxidation sites excluding steroid dienone is 2. The van der Waals surface area contributed by atoms with Crippen LogP contribution in [0.25, 0.3) is 5.70 Å². The molecule has 4 rings (SSSR count). The van der Waals surface area contributed by atoms with Gasteiger partial charge in [0.2, 0.25) is 0 Å². The van der Waals surface area contributed by atoms with Gasteiger partial charge in [-0.15, -0.1) is 0 Å². The van der Waals surface area contributed by atoms with Gasteiger partial charge in [0.25, 0.3) is 0 Å². The van der Waals surface area contributed by atoms with Crippen LogP contribution in [0.5, 0.6) is 0 Å². The van der Waals surface area contributed by atoms with E-state index in [1.165, 1.54) is 12.1 Å². The third-order valence-corrected chi connectivity index (χ3v) is 4.34. The molecule has 0 bridgehead atoms. The molecule has 0 fully saturated rings. The van der Waals surface area contributed by atoms with E-state index in [0.29, 0.717) is 11.5 Å². The molecule has 2 aromatic rings. The maximum absolute atomic E-state index is 14.3. The summed E-state index contributed by atoms with van der Waals surface area (Å²) in [5, 5.41) is 6.29. The van der Waals surface area contributed by atoms with E-state index >= 15 is 0 Å². The first-order chi connectivity index (χ1) is 12.6. The minimum atomic E-state index is -0.641. The van der Waals surface area contributed by atoms with E-state index in [4.69, 9.17) is 0 Å². The molecule has 0 aliphatic carbocycles. The Balaban J connectivity index is 1.92. The second-order valence-corrected chi connectivity index (χ2v) is 6.14. The number of hydrazone groups is 1. The van der Waals surface area contributed by atoms with E-state index in [1.54, 1.807) is 23.5 Å². The molecule has 1 aromatic heterocycles. The smallest absolute Gasteiger partial charge is 0.153 e. The number of benzene rings is 1. The van der Waals surface area contributed by atoms with Gasteiger partial charge in [-0.2, -0.15) is 5.10 Å². The number of aromatic nitrogens is 1. The highest BCUT2D eigenvalue weighted by Gasteiger charge is 2.25. The summed E-state index contributed by atoms with van der Waals surface area (Å²) < 4.78 is 27.6. The van der Waals surface area contributed by atoms with Crippen molar-refractivity contribution in [2.75, 3.05) is 0 Å². The Kier molecular flexibility index (Phi) is 4.16. The van der Waals surface area contributed by atoms with Crippen LogP contribution in [0.3, 0.4) is 0 Å². The van der Waals surface area contributed by atoms with Crippen LogP contribution in [0.4, 0.5) is 8.78 Å². The first kappa shape index (κ1) is 16.3. The van der Waals surface area contributed by atoms with Crippen molar-refractivity contribution in [2.24, 2.45) is 10.1 Å². The highest BCUT2D eigenvalue weighted by molar-refractivity contribution is 6.13. The van der Waals surface area contributed by atoms with Crippen LogP contribution in [0.15, 0.2) is 70.3 Å². The average molecular weight is 350 g/mol. The normalized spacial score (nSPS) is 16.8. The van der Waals surface area contributed by atoms with E-state index in [1.807, 2.05) is 25.3 Å². The SMILES string of the molecule is CC1=C2N=C(c3ccc(F)cc3F)C=C(c3ccncc3)N2N=CCC1. The Labute approximate surface area is 149 Å². The maximum atomic E-state index is 14.3. The third kappa shape index (κ3) is 2.94. The summed E-state index contributed by atoms with van der Waals surface area (Å²) in [6, 6.07) is 7.25. The van der Waals surface area contributed by atoms with Crippen molar-refractivity contribution in [1.29, 1.82) is 0 Å². The van der Waals surface area contributed by atoms with E-state index in [9.17, 15) is 8.78 Å². The lowest BCUT2D eigenvalue weighted by Crippen LogP contribution is -2.22. The quantitative estimate of drug-likeness (QED) is 0.799. The van der Waals surface area contributed by atoms with Crippen LogP contribution in [0.1, 0.15) is 30.9 Å². The Bertz CT molecular complexity index is 975. The summed E-state index contributed by atoms with van der Waals surface area (Å²) in [4.78, 5) is 8.69. The van der Waals surface area contributed by atoms with Gasteiger partial charge in [0.1, 0.15) is 11.6 Å². The molecule has 2 aliphatic heterocycles. The first-order valence-corrected chi connectivity index (χ1v) is 8.32. The number of fused-ring (bicyclic) bond motifs is 1. The van der Waals surface area contributed by atoms with Crippen LogP contribution in [-0.4, -0.2) is 21.9 Å². The predicted octanol–water partition coefficient (Wildman–Crippen LogP) is 4.52. The molecule has 130 valence electrons. The number of hydrogen-bond donors (Lipinski definition) is 0. The second-order valence-electron chi connectivity index (χ2n) is 6.14. The number of aliphatic imine (C=N–C) groups is 1. The first-order valence-electron chi connectivity index (χ1n) is 8.32. The zero-order valence-corrected chi connectivity index (χ0v) is 14.2. The summed E-state index contributed by atoms with van der Waals surface area (Å²) in [6.45, 7) is 1.99. The van der Waals surface area contributed by atoms with Gasteiger partial charge in [-0.3, -0.25) is 4.98 Å². The van der Waals surface area contributed by atoms with Crippen molar-refractivity contribution >= 4 is 17.6 Å². The molecule has 4 nitrogen and oxygen atoms in total. The van der Waals surface area contributed by atoms with Crippen LogP contribution < -0.4 is 0 Å². The van der Waals surface area contributed by atoms with Crippen molar-refractivity contribution < 1.29 is 8.78 Å². The molecule has 0 unspecified atom stereocenters. The summed E-state index contributed by atoms with van der Waals surface area (Å²) >= 11 is 0. The minimum absolute atomic E-state index is 0.256. The van der Waals surface area contributed by atoms with Crippen LogP contribution in [-0.2, 0) is 0 Å². The average Bonchev–Trinajstić information content (AvgIpc) is 2.83. The molecule has 0 amide bonds. The fraction of sp³-hybridized carbons (Fsp3) is 0.150. The van der Waals surface area contributed by atoms with Crippen molar-refractivity contribution in [3.8, 4) is 0 Å². The Morgan fingerprint density at radius 1 is 1.08 bits per heavy atom. The van der Waals surface area contributed by atoms with Gasteiger partial charge in [-0.05, 0) is 55.7 Å². The monoisotopic (exact) mass is 350 g/mol. The van der Waals surface area contributed by atoms with Gasteiger partial charge in [-0.1, -0.05) is 0 Å². The van der Waals surface area contributed by atoms with Crippen LogP contribution >= 0.6 is 0 Å². The molecule has 0 N–H and O–H groups in total. The fourth-order valence-corrected chi connectivity index (χ4v) is 2.99. The molecule has 0 spiro atoms. The van der Waals surface area contributed by atoms with E-state index < -0.39 is 11.6 Å². The molecule has 0 saturated carbocycles. The molecular formula is C20H16F2N4. The van der Waals surface area contributed by atoms with Crippen molar-refractivity contribution in [3.63, 3.8) is 0 Å². The summed E-state index contributed by atoms with van der Waals surface area (Å²) in [5.74, 6) is -0.582. The molecule has 2 aliphatic rings. The second kappa shape index (κ2) is 6.63. The van der Waals surface area contributed by atoms with Crippen LogP contribution in [0.2, 0.25) is 0 Å². The molecule has 0 atom stereocenters. The fourth-order valence-electron chi connectivity index (χ4n) is 2.99. The van der Waals surface area contributed by atoms with Gasteiger partial charge in [0.15, 0.2) is 5.82 Å². The van der Waals surface area contributed by atoms with Gasteiger partial charge >= 0.3 is 0 Å². The number of hydrogen-bond acceptors (Lipinski definition) is 4. The zero-order chi connectivity index (χ0) is 18.1. The maximum Gasteiger partial charge on any atom is 0.153 e. The van der Waals surface area contributed by atoms with E-state index in [2.05, 4.69) is 15.1 Å². The Hall–Kier alpha value is -3.15. The summed E-state index contributed by atoms with van der Waals surface area (Å²) in [6.07, 6.45) is 8.64. The van der Waals surface area contributed by atoms with Crippen LogP contribution in [0, 0.1) is 11.6 Å². The number of rotatable bonds is 2. The molecule has 6 heteroatoms. The highest BCUT2D eigenvalue weighted by Crippen LogP contribution is 2.33. The minimum Gasteiger partial charge on any atom is -0.265 e. The van der Waals surface area contributed by atoms with Gasteiger partial charge in [-0.25, -0.2) is 18.8 Å². The molecule has 3 heterocycles. The zero-order valence-electron chi connectivity index (χ0n) is 14.2. The number of halogens is 2. The predicted molar refractivity (Wildman–Crippen MR) is 97.4 cm³/mol. The number of nitrogens with zero attached hydrogens (tertiary/aromatic N) is 4. The van der Waals surface area contributed by atoms with Gasteiger partial charge in [0.05, 0.1) is 11.4 Å². The molecular weight excluding hydrogens is 334 g/mol. The van der Waals surface area contributed by atoms with Crippen molar-refractivity contribution in [1.82, 2.24) is 9.99 Å². The lowest BCUT2D eigenvalue weighted by molar-refractivity contribution is 0.511. The Morgan fingerprint density at radius 2 is 1.88 bits per heavy atom. The topological polar surface area (TPSA) is 40.9 Å². The standard InChI is InChI=1S/C20H16F2N4/c1-13-3-2-8-24-26-19(14-6-9-23-10-7-14)12-18(25-20(13)26)16-5-4-15(21)11-17(16)22/h4-12H,2-3H2,1H3. The lowest BCUT2D eigenvalue weighted by atomic mass is 10.0. The molecule has 1 aromatic carbocycles. The van der Waals surface area contributed by atoms with Crippen molar-refractivity contribution in [3.05, 3.63) is 83.0 Å². The van der Waals surface area contributed by atoms with Gasteiger partial charge < -0.3 is 0 Å². The van der Waals surface area contributed by atoms with E-state index in [0.717, 1.165) is 35.7 Å². The largest absolute Gasteiger partial charge is 0.265 e. The van der Waals surface area contributed by atoms with Gasteiger partial charge in [0, 0.05) is 35.8 Å². The molecule has 26 heavy (non-hydrogen) atoms. The molecule has 0 saturated heterocycles. The third-order valence-electron chi connectivity index (χ3n) is 4.34. The number of pyridine rings is 1. The van der Waals surface area contributed by atoms with Crippen molar-refractivity contribution in [2.45, 2.75) is 19.8 Å². The Morgan fingerprint density at radius 3 is 2.65 bits per heavy atom. The van der Waals surface area contributed by atoms with E-state index in [-0.39, 0.29) is 5.56 Å². The summed E-state index contributed by atoms with van der Waals surface area (Å²) in [7, 11) is 0. The molecule has 0 radical (unpaired) electrons.